The average molecular weight is 212 g/mol. The average Bonchev–Trinajstić information content (AvgIpc) is 3.03. The highest BCUT2D eigenvalue weighted by Gasteiger charge is 2.24. The van der Waals surface area contributed by atoms with Gasteiger partial charge in [0.1, 0.15) is 0 Å². The van der Waals surface area contributed by atoms with Gasteiger partial charge in [-0.25, -0.2) is 4.79 Å². The van der Waals surface area contributed by atoms with Crippen LogP contribution in [-0.4, -0.2) is 31.8 Å². The van der Waals surface area contributed by atoms with Crippen molar-refractivity contribution >= 4 is 6.09 Å². The molecule has 1 saturated carbocycles. The molecule has 1 atom stereocenters. The summed E-state index contributed by atoms with van der Waals surface area (Å²) in [6, 6.07) is 0.397. The zero-order valence-electron chi connectivity index (χ0n) is 9.13. The Bertz CT molecular complexity index is 211. The van der Waals surface area contributed by atoms with Gasteiger partial charge < -0.3 is 15.4 Å². The Hall–Kier alpha value is -0.770. The Labute approximate surface area is 90.8 Å². The Balaban J connectivity index is 1.51. The van der Waals surface area contributed by atoms with Gasteiger partial charge in [-0.1, -0.05) is 0 Å². The van der Waals surface area contributed by atoms with Gasteiger partial charge in [0.15, 0.2) is 0 Å². The van der Waals surface area contributed by atoms with Crippen molar-refractivity contribution in [2.45, 2.75) is 38.1 Å². The Kier molecular flexibility index (Phi) is 3.83. The smallest absolute Gasteiger partial charge is 0.407 e. The van der Waals surface area contributed by atoms with Crippen LogP contribution < -0.4 is 10.6 Å². The van der Waals surface area contributed by atoms with Gasteiger partial charge in [-0.05, 0) is 51.1 Å². The lowest BCUT2D eigenvalue weighted by Crippen LogP contribution is -2.31. The maximum atomic E-state index is 11.2. The minimum absolute atomic E-state index is 0.235. The topological polar surface area (TPSA) is 50.4 Å². The maximum absolute atomic E-state index is 11.2. The lowest BCUT2D eigenvalue weighted by molar-refractivity contribution is 0.135. The molecule has 1 aliphatic carbocycles. The monoisotopic (exact) mass is 212 g/mol. The molecule has 1 aliphatic heterocycles. The molecule has 2 fully saturated rings. The fraction of sp³-hybridized carbons (Fsp3) is 0.909. The normalized spacial score (nSPS) is 26.0. The Morgan fingerprint density at radius 2 is 2.27 bits per heavy atom. The number of nitrogens with one attached hydrogen (secondary N) is 2. The van der Waals surface area contributed by atoms with Gasteiger partial charge in [0.05, 0.1) is 6.61 Å². The number of rotatable bonds is 4. The van der Waals surface area contributed by atoms with Crippen LogP contribution in [0.15, 0.2) is 0 Å². The fourth-order valence-corrected chi connectivity index (χ4v) is 1.92. The summed E-state index contributed by atoms with van der Waals surface area (Å²) in [6.45, 7) is 2.78. The van der Waals surface area contributed by atoms with Crippen molar-refractivity contribution in [3.05, 3.63) is 0 Å². The summed E-state index contributed by atoms with van der Waals surface area (Å²) in [5, 5.41) is 6.17. The van der Waals surface area contributed by atoms with Gasteiger partial charge >= 0.3 is 6.09 Å². The van der Waals surface area contributed by atoms with E-state index in [1.807, 2.05) is 0 Å². The van der Waals surface area contributed by atoms with Crippen LogP contribution in [0.5, 0.6) is 0 Å². The van der Waals surface area contributed by atoms with Crippen molar-refractivity contribution in [2.24, 2.45) is 5.92 Å². The van der Waals surface area contributed by atoms with E-state index in [0.29, 0.717) is 18.6 Å². The third-order valence-corrected chi connectivity index (χ3v) is 3.06. The molecule has 4 heteroatoms. The molecule has 2 N–H and O–H groups in total. The predicted molar refractivity (Wildman–Crippen MR) is 57.7 cm³/mol. The molecule has 0 aromatic heterocycles. The van der Waals surface area contributed by atoms with Crippen LogP contribution in [0.25, 0.3) is 0 Å². The number of alkyl carbamates (subject to hydrolysis) is 1. The van der Waals surface area contributed by atoms with E-state index in [1.165, 1.54) is 12.8 Å². The van der Waals surface area contributed by atoms with Gasteiger partial charge in [-0.3, -0.25) is 0 Å². The second kappa shape index (κ2) is 5.35. The van der Waals surface area contributed by atoms with Crippen molar-refractivity contribution < 1.29 is 9.53 Å². The Morgan fingerprint density at radius 3 is 2.93 bits per heavy atom. The van der Waals surface area contributed by atoms with E-state index in [0.717, 1.165) is 32.4 Å². The van der Waals surface area contributed by atoms with Gasteiger partial charge in [-0.2, -0.15) is 0 Å². The third kappa shape index (κ3) is 4.08. The minimum Gasteiger partial charge on any atom is -0.450 e. The molecule has 0 aromatic carbocycles. The molecule has 1 amide bonds. The van der Waals surface area contributed by atoms with Gasteiger partial charge in [0.25, 0.3) is 0 Å². The van der Waals surface area contributed by atoms with Crippen molar-refractivity contribution in [2.75, 3.05) is 19.7 Å². The summed E-state index contributed by atoms with van der Waals surface area (Å²) in [4.78, 5) is 11.2. The number of hydrogen-bond donors (Lipinski definition) is 2. The van der Waals surface area contributed by atoms with E-state index in [9.17, 15) is 4.79 Å². The van der Waals surface area contributed by atoms with Crippen LogP contribution in [0.2, 0.25) is 0 Å². The van der Waals surface area contributed by atoms with E-state index in [2.05, 4.69) is 10.6 Å². The number of ether oxygens (including phenoxy) is 1. The highest BCUT2D eigenvalue weighted by atomic mass is 16.5. The lowest BCUT2D eigenvalue weighted by atomic mass is 9.97. The van der Waals surface area contributed by atoms with Crippen LogP contribution in [0.4, 0.5) is 4.79 Å². The van der Waals surface area contributed by atoms with Gasteiger partial charge in [-0.15, -0.1) is 0 Å². The SMILES string of the molecule is O=C(NC1CC1)OCCC1CCCNC1. The summed E-state index contributed by atoms with van der Waals surface area (Å²) in [5.74, 6) is 0.687. The molecule has 1 unspecified atom stereocenters. The number of piperidine rings is 1. The molecular formula is C11H20N2O2. The molecule has 2 aliphatic rings. The standard InChI is InChI=1S/C11H20N2O2/c14-11(13-10-3-4-10)15-7-5-9-2-1-6-12-8-9/h9-10,12H,1-8H2,(H,13,14). The molecule has 0 bridgehead atoms. The van der Waals surface area contributed by atoms with E-state index < -0.39 is 0 Å². The molecular weight excluding hydrogens is 192 g/mol. The first-order valence-electron chi connectivity index (χ1n) is 5.98. The van der Waals surface area contributed by atoms with Crippen molar-refractivity contribution in [3.8, 4) is 0 Å². The molecule has 86 valence electrons. The van der Waals surface area contributed by atoms with Gasteiger partial charge in [0.2, 0.25) is 0 Å². The van der Waals surface area contributed by atoms with Crippen LogP contribution in [-0.2, 0) is 4.74 Å². The first kappa shape index (κ1) is 10.7. The molecule has 0 aromatic rings. The number of carbonyl (C=O) groups excluding carboxylic acids is 1. The fourth-order valence-electron chi connectivity index (χ4n) is 1.92. The summed E-state index contributed by atoms with van der Waals surface area (Å²) < 4.78 is 5.12. The summed E-state index contributed by atoms with van der Waals surface area (Å²) in [6.07, 6.45) is 5.50. The zero-order chi connectivity index (χ0) is 10.5. The molecule has 2 rings (SSSR count). The first-order valence-corrected chi connectivity index (χ1v) is 5.98. The number of amides is 1. The molecule has 1 saturated heterocycles. The van der Waals surface area contributed by atoms with Gasteiger partial charge in [0, 0.05) is 6.04 Å². The highest BCUT2D eigenvalue weighted by molar-refractivity contribution is 5.67. The van der Waals surface area contributed by atoms with E-state index >= 15 is 0 Å². The molecule has 1 heterocycles. The lowest BCUT2D eigenvalue weighted by Gasteiger charge is -2.22. The van der Waals surface area contributed by atoms with Crippen LogP contribution in [0.1, 0.15) is 32.1 Å². The highest BCUT2D eigenvalue weighted by Crippen LogP contribution is 2.18. The van der Waals surface area contributed by atoms with E-state index in [1.54, 1.807) is 0 Å². The number of carbonyl (C=O) groups is 1. The maximum Gasteiger partial charge on any atom is 0.407 e. The van der Waals surface area contributed by atoms with E-state index in [4.69, 9.17) is 4.74 Å². The van der Waals surface area contributed by atoms with Crippen molar-refractivity contribution in [1.82, 2.24) is 10.6 Å². The minimum atomic E-state index is -0.235. The third-order valence-electron chi connectivity index (χ3n) is 3.06. The van der Waals surface area contributed by atoms with Crippen LogP contribution in [0.3, 0.4) is 0 Å². The second-order valence-corrected chi connectivity index (χ2v) is 4.56. The molecule has 0 spiro atoms. The molecule has 0 radical (unpaired) electrons. The second-order valence-electron chi connectivity index (χ2n) is 4.56. The number of hydrogen-bond acceptors (Lipinski definition) is 3. The van der Waals surface area contributed by atoms with E-state index in [-0.39, 0.29) is 6.09 Å². The van der Waals surface area contributed by atoms with Crippen molar-refractivity contribution in [1.29, 1.82) is 0 Å². The summed E-state index contributed by atoms with van der Waals surface area (Å²) in [7, 11) is 0. The molecule has 4 nitrogen and oxygen atoms in total. The van der Waals surface area contributed by atoms with Crippen LogP contribution >= 0.6 is 0 Å². The summed E-state index contributed by atoms with van der Waals surface area (Å²) >= 11 is 0. The molecule has 15 heavy (non-hydrogen) atoms. The summed E-state index contributed by atoms with van der Waals surface area (Å²) in [5.41, 5.74) is 0. The quantitative estimate of drug-likeness (QED) is 0.737. The first-order chi connectivity index (χ1) is 7.34. The van der Waals surface area contributed by atoms with Crippen LogP contribution in [0, 0.1) is 5.92 Å². The largest absolute Gasteiger partial charge is 0.450 e. The Morgan fingerprint density at radius 1 is 1.40 bits per heavy atom. The predicted octanol–water partition coefficient (Wildman–Crippen LogP) is 1.26. The van der Waals surface area contributed by atoms with Crippen molar-refractivity contribution in [3.63, 3.8) is 0 Å². The zero-order valence-corrected chi connectivity index (χ0v) is 9.13.